The molecule has 5 heteroatoms. The maximum absolute atomic E-state index is 12.4. The second-order valence-corrected chi connectivity index (χ2v) is 3.95. The molecule has 0 spiro atoms. The highest BCUT2D eigenvalue weighted by Gasteiger charge is 2.30. The highest BCUT2D eigenvalue weighted by molar-refractivity contribution is 9.10. The van der Waals surface area contributed by atoms with Crippen molar-refractivity contribution in [2.75, 3.05) is 5.88 Å². The Morgan fingerprint density at radius 2 is 2.00 bits per heavy atom. The summed E-state index contributed by atoms with van der Waals surface area (Å²) in [6.07, 6.45) is -1.18. The van der Waals surface area contributed by atoms with Crippen LogP contribution in [0.25, 0.3) is 6.08 Å². The summed E-state index contributed by atoms with van der Waals surface area (Å²) < 4.78 is 37.7. The summed E-state index contributed by atoms with van der Waals surface area (Å²) in [5.41, 5.74) is -0.203. The van der Waals surface area contributed by atoms with Crippen LogP contribution in [0, 0.1) is 0 Å². The number of benzene rings is 1. The van der Waals surface area contributed by atoms with Crippen LogP contribution >= 0.6 is 27.5 Å². The van der Waals surface area contributed by atoms with E-state index in [0.29, 0.717) is 10.0 Å². The normalized spacial score (nSPS) is 12.3. The van der Waals surface area contributed by atoms with Crippen molar-refractivity contribution in [2.24, 2.45) is 0 Å². The van der Waals surface area contributed by atoms with E-state index in [-0.39, 0.29) is 5.88 Å². The molecular formula is C10H7BrClF3. The lowest BCUT2D eigenvalue weighted by Gasteiger charge is -2.08. The van der Waals surface area contributed by atoms with Crippen molar-refractivity contribution in [3.63, 3.8) is 0 Å². The van der Waals surface area contributed by atoms with E-state index >= 15 is 0 Å². The zero-order valence-electron chi connectivity index (χ0n) is 7.48. The molecule has 0 atom stereocenters. The van der Waals surface area contributed by atoms with Crippen LogP contribution in [-0.4, -0.2) is 5.88 Å². The first-order valence-electron chi connectivity index (χ1n) is 4.04. The summed E-state index contributed by atoms with van der Waals surface area (Å²) >= 11 is 8.57. The van der Waals surface area contributed by atoms with E-state index in [4.69, 9.17) is 11.6 Å². The number of alkyl halides is 4. The van der Waals surface area contributed by atoms with Crippen molar-refractivity contribution < 1.29 is 13.2 Å². The fraction of sp³-hybridized carbons (Fsp3) is 0.200. The average Bonchev–Trinajstić information content (AvgIpc) is 2.15. The molecule has 0 bridgehead atoms. The molecule has 0 aromatic heterocycles. The molecule has 0 heterocycles. The molecule has 0 amide bonds. The van der Waals surface area contributed by atoms with Gasteiger partial charge in [0.05, 0.1) is 5.56 Å². The van der Waals surface area contributed by atoms with E-state index in [2.05, 4.69) is 15.9 Å². The molecule has 0 N–H and O–H groups in total. The van der Waals surface area contributed by atoms with Crippen LogP contribution < -0.4 is 0 Å². The van der Waals surface area contributed by atoms with Crippen molar-refractivity contribution in [3.05, 3.63) is 39.9 Å². The first-order valence-corrected chi connectivity index (χ1v) is 5.37. The third-order valence-corrected chi connectivity index (χ3v) is 2.61. The lowest BCUT2D eigenvalue weighted by Crippen LogP contribution is -2.04. The smallest absolute Gasteiger partial charge is 0.166 e. The van der Waals surface area contributed by atoms with Gasteiger partial charge in [-0.3, -0.25) is 0 Å². The Hall–Kier alpha value is -0.480. The van der Waals surface area contributed by atoms with Crippen molar-refractivity contribution in [1.29, 1.82) is 0 Å². The second-order valence-electron chi connectivity index (χ2n) is 2.79. The fourth-order valence-corrected chi connectivity index (χ4v) is 1.49. The Morgan fingerprint density at radius 1 is 1.33 bits per heavy atom. The van der Waals surface area contributed by atoms with Gasteiger partial charge in [0.2, 0.25) is 0 Å². The summed E-state index contributed by atoms with van der Waals surface area (Å²) in [5.74, 6) is 0.267. The Bertz CT molecular complexity index is 371. The second kappa shape index (κ2) is 5.03. The SMILES string of the molecule is FC(F)(F)c1ccc(Br)c(C=CCCl)c1. The van der Waals surface area contributed by atoms with Crippen molar-refractivity contribution in [2.45, 2.75) is 6.18 Å². The molecule has 0 fully saturated rings. The molecule has 0 nitrogen and oxygen atoms in total. The number of allylic oxidation sites excluding steroid dienone is 1. The Morgan fingerprint density at radius 3 is 2.53 bits per heavy atom. The van der Waals surface area contributed by atoms with Crippen molar-refractivity contribution >= 4 is 33.6 Å². The summed E-state index contributed by atoms with van der Waals surface area (Å²) in [6, 6.07) is 3.48. The van der Waals surface area contributed by atoms with Gasteiger partial charge in [-0.2, -0.15) is 13.2 Å². The predicted octanol–water partition coefficient (Wildman–Crippen LogP) is 4.72. The van der Waals surface area contributed by atoms with Gasteiger partial charge in [-0.15, -0.1) is 11.6 Å². The molecule has 0 aliphatic carbocycles. The van der Waals surface area contributed by atoms with Crippen molar-refractivity contribution in [1.82, 2.24) is 0 Å². The third kappa shape index (κ3) is 3.54. The lowest BCUT2D eigenvalue weighted by atomic mass is 10.1. The first kappa shape index (κ1) is 12.6. The van der Waals surface area contributed by atoms with E-state index in [1.54, 1.807) is 12.2 Å². The topological polar surface area (TPSA) is 0 Å². The molecule has 82 valence electrons. The molecular weight excluding hydrogens is 292 g/mol. The van der Waals surface area contributed by atoms with Gasteiger partial charge in [-0.05, 0) is 23.8 Å². The quantitative estimate of drug-likeness (QED) is 0.693. The zero-order chi connectivity index (χ0) is 11.5. The number of rotatable bonds is 2. The minimum Gasteiger partial charge on any atom is -0.166 e. The maximum Gasteiger partial charge on any atom is 0.416 e. The van der Waals surface area contributed by atoms with E-state index in [1.165, 1.54) is 6.07 Å². The van der Waals surface area contributed by atoms with Crippen LogP contribution in [0.1, 0.15) is 11.1 Å². The number of hydrogen-bond donors (Lipinski definition) is 0. The van der Waals surface area contributed by atoms with Crippen LogP contribution in [0.15, 0.2) is 28.7 Å². The molecule has 1 aromatic carbocycles. The standard InChI is InChI=1S/C10H7BrClF3/c11-9-4-3-8(10(13,14)15)6-7(9)2-1-5-12/h1-4,6H,5H2. The van der Waals surface area contributed by atoms with Gasteiger partial charge in [0, 0.05) is 10.4 Å². The molecule has 0 aliphatic heterocycles. The molecule has 0 radical (unpaired) electrons. The Labute approximate surface area is 98.9 Å². The van der Waals surface area contributed by atoms with Crippen LogP contribution in [0.3, 0.4) is 0 Å². The van der Waals surface area contributed by atoms with Gasteiger partial charge in [0.1, 0.15) is 0 Å². The average molecular weight is 300 g/mol. The predicted molar refractivity (Wildman–Crippen MR) is 58.9 cm³/mol. The molecule has 15 heavy (non-hydrogen) atoms. The molecule has 0 aliphatic rings. The van der Waals surface area contributed by atoms with Gasteiger partial charge in [0.25, 0.3) is 0 Å². The zero-order valence-corrected chi connectivity index (χ0v) is 9.83. The minimum absolute atomic E-state index is 0.267. The Balaban J connectivity index is 3.11. The van der Waals surface area contributed by atoms with Crippen LogP contribution in [0.2, 0.25) is 0 Å². The third-order valence-electron chi connectivity index (χ3n) is 1.71. The molecule has 1 rings (SSSR count). The van der Waals surface area contributed by atoms with Gasteiger partial charge in [-0.1, -0.05) is 28.1 Å². The van der Waals surface area contributed by atoms with E-state index in [0.717, 1.165) is 12.1 Å². The minimum atomic E-state index is -4.32. The molecule has 0 unspecified atom stereocenters. The monoisotopic (exact) mass is 298 g/mol. The highest BCUT2D eigenvalue weighted by atomic mass is 79.9. The van der Waals surface area contributed by atoms with Gasteiger partial charge < -0.3 is 0 Å². The summed E-state index contributed by atoms with van der Waals surface area (Å²) in [5, 5.41) is 0. The summed E-state index contributed by atoms with van der Waals surface area (Å²) in [6.45, 7) is 0. The lowest BCUT2D eigenvalue weighted by molar-refractivity contribution is -0.137. The van der Waals surface area contributed by atoms with Crippen LogP contribution in [0.4, 0.5) is 13.2 Å². The largest absolute Gasteiger partial charge is 0.416 e. The maximum atomic E-state index is 12.4. The molecule has 0 saturated heterocycles. The van der Waals surface area contributed by atoms with Crippen LogP contribution in [-0.2, 0) is 6.18 Å². The van der Waals surface area contributed by atoms with Gasteiger partial charge >= 0.3 is 6.18 Å². The molecule has 0 saturated carbocycles. The Kier molecular flexibility index (Phi) is 4.22. The summed E-state index contributed by atoms with van der Waals surface area (Å²) in [7, 11) is 0. The first-order chi connectivity index (χ1) is 6.95. The van der Waals surface area contributed by atoms with E-state index < -0.39 is 11.7 Å². The molecule has 1 aromatic rings. The van der Waals surface area contributed by atoms with Gasteiger partial charge in [0.15, 0.2) is 0 Å². The number of hydrogen-bond acceptors (Lipinski definition) is 0. The summed E-state index contributed by atoms with van der Waals surface area (Å²) in [4.78, 5) is 0. The number of halogens is 5. The van der Waals surface area contributed by atoms with Crippen molar-refractivity contribution in [3.8, 4) is 0 Å². The highest BCUT2D eigenvalue weighted by Crippen LogP contribution is 2.32. The van der Waals surface area contributed by atoms with Gasteiger partial charge in [-0.25, -0.2) is 0 Å². The van der Waals surface area contributed by atoms with Crippen LogP contribution in [0.5, 0.6) is 0 Å². The fourth-order valence-electron chi connectivity index (χ4n) is 1.02. The van der Waals surface area contributed by atoms with E-state index in [9.17, 15) is 13.2 Å². The van der Waals surface area contributed by atoms with E-state index in [1.807, 2.05) is 0 Å².